The SMILES string of the molecule is C#CCNC(=O)CN(CCC#N)Cc1cccnc1. The number of carbonyl (C=O) groups is 1. The van der Waals surface area contributed by atoms with Crippen LogP contribution in [0.15, 0.2) is 24.5 Å². The second-order valence-electron chi connectivity index (χ2n) is 3.96. The first-order chi connectivity index (χ1) is 9.26. The van der Waals surface area contributed by atoms with Crippen LogP contribution in [0.25, 0.3) is 0 Å². The summed E-state index contributed by atoms with van der Waals surface area (Å²) < 4.78 is 0. The predicted octanol–water partition coefficient (Wildman–Crippen LogP) is 0.547. The number of nitrogens with one attached hydrogen (secondary N) is 1. The number of aromatic nitrogens is 1. The maximum absolute atomic E-state index is 11.6. The van der Waals surface area contributed by atoms with Gasteiger partial charge in [0.2, 0.25) is 5.91 Å². The van der Waals surface area contributed by atoms with Gasteiger partial charge in [-0.25, -0.2) is 0 Å². The van der Waals surface area contributed by atoms with Crippen molar-refractivity contribution in [2.24, 2.45) is 0 Å². The number of rotatable bonds is 7. The van der Waals surface area contributed by atoms with E-state index in [0.717, 1.165) is 5.56 Å². The fourth-order valence-corrected chi connectivity index (χ4v) is 1.58. The van der Waals surface area contributed by atoms with Crippen molar-refractivity contribution in [3.8, 4) is 18.4 Å². The molecule has 0 aliphatic carbocycles. The summed E-state index contributed by atoms with van der Waals surface area (Å²) in [5.41, 5.74) is 1.00. The van der Waals surface area contributed by atoms with Crippen LogP contribution >= 0.6 is 0 Å². The highest BCUT2D eigenvalue weighted by Crippen LogP contribution is 2.03. The van der Waals surface area contributed by atoms with Crippen LogP contribution in [0.2, 0.25) is 0 Å². The molecule has 19 heavy (non-hydrogen) atoms. The molecular formula is C14H16N4O. The molecule has 1 amide bonds. The minimum Gasteiger partial charge on any atom is -0.344 e. The molecule has 0 aliphatic rings. The van der Waals surface area contributed by atoms with E-state index in [2.05, 4.69) is 22.3 Å². The molecule has 0 radical (unpaired) electrons. The summed E-state index contributed by atoms with van der Waals surface area (Å²) in [4.78, 5) is 17.5. The fraction of sp³-hybridized carbons (Fsp3) is 0.357. The molecule has 0 aliphatic heterocycles. The average Bonchev–Trinajstić information content (AvgIpc) is 2.43. The van der Waals surface area contributed by atoms with Gasteiger partial charge in [-0.2, -0.15) is 5.26 Å². The molecule has 0 spiro atoms. The quantitative estimate of drug-likeness (QED) is 0.723. The molecule has 98 valence electrons. The number of pyridine rings is 1. The molecule has 0 atom stereocenters. The zero-order valence-electron chi connectivity index (χ0n) is 10.7. The summed E-state index contributed by atoms with van der Waals surface area (Å²) in [5.74, 6) is 2.21. The van der Waals surface area contributed by atoms with Crippen molar-refractivity contribution in [2.45, 2.75) is 13.0 Å². The third-order valence-corrected chi connectivity index (χ3v) is 2.42. The van der Waals surface area contributed by atoms with Gasteiger partial charge in [0, 0.05) is 31.9 Å². The number of nitriles is 1. The Morgan fingerprint density at radius 2 is 2.42 bits per heavy atom. The third kappa shape index (κ3) is 6.21. The molecule has 0 saturated carbocycles. The van der Waals surface area contributed by atoms with Crippen molar-refractivity contribution >= 4 is 5.91 Å². The van der Waals surface area contributed by atoms with E-state index in [9.17, 15) is 4.79 Å². The van der Waals surface area contributed by atoms with Gasteiger partial charge in [-0.05, 0) is 11.6 Å². The van der Waals surface area contributed by atoms with E-state index in [0.29, 0.717) is 19.5 Å². The number of hydrogen-bond acceptors (Lipinski definition) is 4. The summed E-state index contributed by atoms with van der Waals surface area (Å²) in [6.07, 6.45) is 8.91. The predicted molar refractivity (Wildman–Crippen MR) is 71.6 cm³/mol. The molecule has 1 aromatic rings. The summed E-state index contributed by atoms with van der Waals surface area (Å²) in [5, 5.41) is 11.3. The van der Waals surface area contributed by atoms with Gasteiger partial charge >= 0.3 is 0 Å². The van der Waals surface area contributed by atoms with E-state index in [4.69, 9.17) is 11.7 Å². The average molecular weight is 256 g/mol. The molecule has 5 heteroatoms. The zero-order chi connectivity index (χ0) is 13.9. The molecular weight excluding hydrogens is 240 g/mol. The number of hydrogen-bond donors (Lipinski definition) is 1. The van der Waals surface area contributed by atoms with Crippen LogP contribution in [0, 0.1) is 23.7 Å². The van der Waals surface area contributed by atoms with Crippen molar-refractivity contribution in [3.05, 3.63) is 30.1 Å². The first kappa shape index (κ1) is 14.7. The molecule has 1 N–H and O–H groups in total. The molecule has 0 unspecified atom stereocenters. The van der Waals surface area contributed by atoms with Gasteiger partial charge in [0.25, 0.3) is 0 Å². The first-order valence-electron chi connectivity index (χ1n) is 5.94. The number of carbonyl (C=O) groups excluding carboxylic acids is 1. The Kier molecular flexibility index (Phi) is 6.71. The largest absolute Gasteiger partial charge is 0.344 e. The Bertz CT molecular complexity index is 472. The highest BCUT2D eigenvalue weighted by atomic mass is 16.2. The van der Waals surface area contributed by atoms with E-state index in [-0.39, 0.29) is 19.0 Å². The molecule has 0 saturated heterocycles. The van der Waals surface area contributed by atoms with Crippen molar-refractivity contribution in [1.82, 2.24) is 15.2 Å². The van der Waals surface area contributed by atoms with Gasteiger partial charge in [-0.15, -0.1) is 6.42 Å². The molecule has 1 heterocycles. The molecule has 5 nitrogen and oxygen atoms in total. The van der Waals surface area contributed by atoms with Crippen molar-refractivity contribution in [1.29, 1.82) is 5.26 Å². The van der Waals surface area contributed by atoms with Gasteiger partial charge in [-0.3, -0.25) is 14.7 Å². The summed E-state index contributed by atoms with van der Waals surface area (Å²) in [6, 6.07) is 5.86. The van der Waals surface area contributed by atoms with Crippen LogP contribution in [0.1, 0.15) is 12.0 Å². The smallest absolute Gasteiger partial charge is 0.234 e. The third-order valence-electron chi connectivity index (χ3n) is 2.42. The Morgan fingerprint density at radius 3 is 3.05 bits per heavy atom. The second-order valence-corrected chi connectivity index (χ2v) is 3.96. The zero-order valence-corrected chi connectivity index (χ0v) is 10.7. The summed E-state index contributed by atoms with van der Waals surface area (Å²) in [7, 11) is 0. The molecule has 0 bridgehead atoms. The number of amides is 1. The lowest BCUT2D eigenvalue weighted by Gasteiger charge is -2.20. The van der Waals surface area contributed by atoms with Crippen molar-refractivity contribution < 1.29 is 4.79 Å². The van der Waals surface area contributed by atoms with Crippen LogP contribution in [0.4, 0.5) is 0 Å². The molecule has 0 aromatic carbocycles. The minimum absolute atomic E-state index is 0.139. The highest BCUT2D eigenvalue weighted by molar-refractivity contribution is 5.78. The lowest BCUT2D eigenvalue weighted by molar-refractivity contribution is -0.122. The Morgan fingerprint density at radius 1 is 1.58 bits per heavy atom. The summed E-state index contributed by atoms with van der Waals surface area (Å²) >= 11 is 0. The standard InChI is InChI=1S/C14H16N4O/c1-2-7-17-14(19)12-18(9-4-6-15)11-13-5-3-8-16-10-13/h1,3,5,8,10H,4,7,9,11-12H2,(H,17,19). The Balaban J connectivity index is 2.54. The van der Waals surface area contributed by atoms with E-state index in [1.165, 1.54) is 0 Å². The van der Waals surface area contributed by atoms with E-state index < -0.39 is 0 Å². The van der Waals surface area contributed by atoms with Crippen LogP contribution < -0.4 is 5.32 Å². The van der Waals surface area contributed by atoms with Crippen LogP contribution in [-0.4, -0.2) is 35.4 Å². The van der Waals surface area contributed by atoms with Crippen molar-refractivity contribution in [2.75, 3.05) is 19.6 Å². The minimum atomic E-state index is -0.139. The maximum Gasteiger partial charge on any atom is 0.234 e. The van der Waals surface area contributed by atoms with Crippen LogP contribution in [0.5, 0.6) is 0 Å². The lowest BCUT2D eigenvalue weighted by atomic mass is 10.2. The molecule has 0 fully saturated rings. The van der Waals surface area contributed by atoms with Crippen LogP contribution in [-0.2, 0) is 11.3 Å². The van der Waals surface area contributed by atoms with Gasteiger partial charge in [0.05, 0.1) is 19.2 Å². The lowest BCUT2D eigenvalue weighted by Crippen LogP contribution is -2.37. The normalized spacial score (nSPS) is 9.63. The van der Waals surface area contributed by atoms with E-state index in [1.807, 2.05) is 17.0 Å². The van der Waals surface area contributed by atoms with Gasteiger partial charge in [0.15, 0.2) is 0 Å². The second kappa shape index (κ2) is 8.68. The van der Waals surface area contributed by atoms with E-state index >= 15 is 0 Å². The topological polar surface area (TPSA) is 69.0 Å². The van der Waals surface area contributed by atoms with Crippen molar-refractivity contribution in [3.63, 3.8) is 0 Å². The first-order valence-corrected chi connectivity index (χ1v) is 5.94. The monoisotopic (exact) mass is 256 g/mol. The Hall–Kier alpha value is -2.37. The van der Waals surface area contributed by atoms with Gasteiger partial charge in [0.1, 0.15) is 0 Å². The van der Waals surface area contributed by atoms with Crippen LogP contribution in [0.3, 0.4) is 0 Å². The summed E-state index contributed by atoms with van der Waals surface area (Å²) in [6.45, 7) is 1.56. The molecule has 1 rings (SSSR count). The van der Waals surface area contributed by atoms with E-state index in [1.54, 1.807) is 12.4 Å². The number of terminal acetylenes is 1. The highest BCUT2D eigenvalue weighted by Gasteiger charge is 2.10. The van der Waals surface area contributed by atoms with Gasteiger partial charge < -0.3 is 5.32 Å². The fourth-order valence-electron chi connectivity index (χ4n) is 1.58. The maximum atomic E-state index is 11.6. The van der Waals surface area contributed by atoms with Gasteiger partial charge in [-0.1, -0.05) is 12.0 Å². The Labute approximate surface area is 113 Å². The number of nitrogens with zero attached hydrogens (tertiary/aromatic N) is 3. The molecule has 1 aromatic heterocycles.